The van der Waals surface area contributed by atoms with Gasteiger partial charge in [0.1, 0.15) is 0 Å². The van der Waals surface area contributed by atoms with Crippen molar-refractivity contribution in [3.63, 3.8) is 0 Å². The van der Waals surface area contributed by atoms with Crippen molar-refractivity contribution in [3.8, 4) is 0 Å². The minimum absolute atomic E-state index is 0.833. The Kier molecular flexibility index (Phi) is 35.7. The molecule has 6 heteroatoms. The van der Waals surface area contributed by atoms with Crippen molar-refractivity contribution < 1.29 is 30.0 Å². The Morgan fingerprint density at radius 3 is 0.867 bits per heavy atom. The third-order valence-electron chi connectivity index (χ3n) is 0. The topological polar surface area (TPSA) is 115 Å². The summed E-state index contributed by atoms with van der Waals surface area (Å²) in [7, 11) is 0. The van der Waals surface area contributed by atoms with E-state index in [1.165, 1.54) is 6.42 Å². The highest BCUT2D eigenvalue weighted by molar-refractivity contribution is 5.53. The van der Waals surface area contributed by atoms with Crippen molar-refractivity contribution in [3.05, 3.63) is 0 Å². The molecule has 0 aliphatic carbocycles. The van der Waals surface area contributed by atoms with Crippen molar-refractivity contribution in [1.29, 1.82) is 0 Å². The van der Waals surface area contributed by atoms with E-state index < -0.39 is 12.3 Å². The third kappa shape index (κ3) is 654. The molecule has 15 heavy (non-hydrogen) atoms. The summed E-state index contributed by atoms with van der Waals surface area (Å²) >= 11 is 0. The average Bonchev–Trinajstić information content (AvgIpc) is 1.81. The first-order valence-corrected chi connectivity index (χ1v) is 4.45. The van der Waals surface area contributed by atoms with Crippen molar-refractivity contribution in [2.24, 2.45) is 5.92 Å². The van der Waals surface area contributed by atoms with Crippen LogP contribution in [0.1, 0.15) is 41.0 Å². The first-order valence-electron chi connectivity index (χ1n) is 4.45. The standard InChI is InChI=1S/C4H10.C3H8.2CH2O3/c1-4(2)3;1-3-2;2*2-1(3)4/h4H,1-3H3;3H2,1-2H3;2*(H2,2,3,4). The van der Waals surface area contributed by atoms with Crippen molar-refractivity contribution >= 4 is 12.3 Å². The Labute approximate surface area is 90.2 Å². The molecule has 6 nitrogen and oxygen atoms in total. The zero-order valence-electron chi connectivity index (χ0n) is 9.89. The summed E-state index contributed by atoms with van der Waals surface area (Å²) in [4.78, 5) is 17.1. The summed E-state index contributed by atoms with van der Waals surface area (Å²) in [6.45, 7) is 10.8. The molecule has 0 saturated heterocycles. The third-order valence-corrected chi connectivity index (χ3v) is 0. The number of carbonyl (C=O) groups is 2. The van der Waals surface area contributed by atoms with Crippen LogP contribution < -0.4 is 0 Å². The van der Waals surface area contributed by atoms with Crippen LogP contribution in [0.2, 0.25) is 0 Å². The smallest absolute Gasteiger partial charge is 0.450 e. The van der Waals surface area contributed by atoms with Gasteiger partial charge in [-0.1, -0.05) is 41.0 Å². The maximum Gasteiger partial charge on any atom is 0.503 e. The summed E-state index contributed by atoms with van der Waals surface area (Å²) in [5.74, 6) is 0.833. The molecule has 0 aliphatic rings. The molecular weight excluding hydrogens is 204 g/mol. The molecule has 0 saturated carbocycles. The van der Waals surface area contributed by atoms with Crippen molar-refractivity contribution in [2.75, 3.05) is 0 Å². The van der Waals surface area contributed by atoms with Crippen LogP contribution in [0.3, 0.4) is 0 Å². The van der Waals surface area contributed by atoms with Crippen LogP contribution in [0.25, 0.3) is 0 Å². The van der Waals surface area contributed by atoms with Crippen molar-refractivity contribution in [1.82, 2.24) is 0 Å². The lowest BCUT2D eigenvalue weighted by Gasteiger charge is -1.79. The van der Waals surface area contributed by atoms with E-state index in [0.29, 0.717) is 0 Å². The summed E-state index contributed by atoms with van der Waals surface area (Å²) in [6.07, 6.45) is -2.42. The summed E-state index contributed by atoms with van der Waals surface area (Å²) in [5.41, 5.74) is 0. The lowest BCUT2D eigenvalue weighted by molar-refractivity contribution is 0.135. The van der Waals surface area contributed by atoms with Crippen LogP contribution in [-0.2, 0) is 0 Å². The molecule has 0 aromatic heterocycles. The van der Waals surface area contributed by atoms with Gasteiger partial charge in [0, 0.05) is 0 Å². The van der Waals surface area contributed by atoms with E-state index in [1.54, 1.807) is 0 Å². The van der Waals surface area contributed by atoms with Gasteiger partial charge in [0.2, 0.25) is 0 Å². The first-order chi connectivity index (χ1) is 6.61. The first kappa shape index (κ1) is 23.4. The van der Waals surface area contributed by atoms with Crippen LogP contribution in [-0.4, -0.2) is 32.7 Å². The molecule has 0 atom stereocenters. The molecule has 0 unspecified atom stereocenters. The van der Waals surface area contributed by atoms with E-state index in [1.807, 2.05) is 0 Å². The zero-order valence-corrected chi connectivity index (χ0v) is 9.89. The Bertz CT molecular complexity index is 110. The Balaban J connectivity index is -0.0000000542. The zero-order chi connectivity index (χ0) is 13.4. The second-order valence-corrected chi connectivity index (χ2v) is 3.00. The van der Waals surface area contributed by atoms with Gasteiger partial charge in [0.15, 0.2) is 0 Å². The van der Waals surface area contributed by atoms with Crippen molar-refractivity contribution in [2.45, 2.75) is 41.0 Å². The van der Waals surface area contributed by atoms with Gasteiger partial charge in [0.05, 0.1) is 0 Å². The normalized spacial score (nSPS) is 6.80. The lowest BCUT2D eigenvalue weighted by atomic mass is 10.3. The fourth-order valence-electron chi connectivity index (χ4n) is 0. The Morgan fingerprint density at radius 1 is 0.867 bits per heavy atom. The molecule has 94 valence electrons. The Morgan fingerprint density at radius 2 is 0.867 bits per heavy atom. The highest BCUT2D eigenvalue weighted by atomic mass is 16.6. The van der Waals surface area contributed by atoms with Gasteiger partial charge in [-0.15, -0.1) is 0 Å². The van der Waals surface area contributed by atoms with Gasteiger partial charge in [-0.2, -0.15) is 0 Å². The van der Waals surface area contributed by atoms with E-state index in [0.717, 1.165) is 5.92 Å². The average molecular weight is 226 g/mol. The minimum atomic E-state index is -1.83. The fourth-order valence-corrected chi connectivity index (χ4v) is 0. The van der Waals surface area contributed by atoms with Gasteiger partial charge in [-0.3, -0.25) is 0 Å². The van der Waals surface area contributed by atoms with Gasteiger partial charge >= 0.3 is 12.3 Å². The molecule has 0 spiro atoms. The number of hydrogen-bond acceptors (Lipinski definition) is 2. The molecule has 0 amide bonds. The molecule has 0 radical (unpaired) electrons. The van der Waals surface area contributed by atoms with Gasteiger partial charge in [0.25, 0.3) is 0 Å². The van der Waals surface area contributed by atoms with E-state index in [-0.39, 0.29) is 0 Å². The maximum absolute atomic E-state index is 8.56. The number of carboxylic acid groups (broad SMARTS) is 4. The predicted molar refractivity (Wildman–Crippen MR) is 57.8 cm³/mol. The van der Waals surface area contributed by atoms with Crippen LogP contribution in [0, 0.1) is 5.92 Å². The highest BCUT2D eigenvalue weighted by Gasteiger charge is 1.70. The lowest BCUT2D eigenvalue weighted by Crippen LogP contribution is -1.81. The molecular formula is C9H22O6. The van der Waals surface area contributed by atoms with Crippen LogP contribution >= 0.6 is 0 Å². The quantitative estimate of drug-likeness (QED) is 0.502. The van der Waals surface area contributed by atoms with Crippen LogP contribution in [0.4, 0.5) is 9.59 Å². The minimum Gasteiger partial charge on any atom is -0.450 e. The van der Waals surface area contributed by atoms with E-state index in [4.69, 9.17) is 30.0 Å². The van der Waals surface area contributed by atoms with E-state index in [9.17, 15) is 0 Å². The van der Waals surface area contributed by atoms with E-state index >= 15 is 0 Å². The molecule has 0 fully saturated rings. The molecule has 0 heterocycles. The molecule has 4 N–H and O–H groups in total. The van der Waals surface area contributed by atoms with Crippen LogP contribution in [0.5, 0.6) is 0 Å². The fraction of sp³-hybridized carbons (Fsp3) is 0.778. The molecule has 0 bridgehead atoms. The summed E-state index contributed by atoms with van der Waals surface area (Å²) in [6, 6.07) is 0. The predicted octanol–water partition coefficient (Wildman–Crippen LogP) is 3.52. The number of rotatable bonds is 0. The highest BCUT2D eigenvalue weighted by Crippen LogP contribution is 1.81. The molecule has 0 aromatic rings. The summed E-state index contributed by atoms with van der Waals surface area (Å²) in [5, 5.41) is 27.9. The van der Waals surface area contributed by atoms with Crippen LogP contribution in [0.15, 0.2) is 0 Å². The molecule has 0 aliphatic heterocycles. The number of hydrogen-bond donors (Lipinski definition) is 4. The van der Waals surface area contributed by atoms with Gasteiger partial charge < -0.3 is 20.4 Å². The molecule has 0 aromatic carbocycles. The monoisotopic (exact) mass is 226 g/mol. The Hall–Kier alpha value is -1.46. The van der Waals surface area contributed by atoms with E-state index in [2.05, 4.69) is 34.6 Å². The summed E-state index contributed by atoms with van der Waals surface area (Å²) < 4.78 is 0. The largest absolute Gasteiger partial charge is 0.503 e. The second kappa shape index (κ2) is 22.9. The second-order valence-electron chi connectivity index (χ2n) is 3.00. The maximum atomic E-state index is 8.56. The van der Waals surface area contributed by atoms with Gasteiger partial charge in [-0.25, -0.2) is 9.59 Å². The SMILES string of the molecule is CC(C)C.CCC.O=C(O)O.O=C(O)O. The van der Waals surface area contributed by atoms with Gasteiger partial charge in [-0.05, 0) is 5.92 Å². The molecule has 0 rings (SSSR count).